The molecule has 1 aromatic heterocycles. The third-order valence-corrected chi connectivity index (χ3v) is 2.75. The highest BCUT2D eigenvalue weighted by Gasteiger charge is 2.38. The third kappa shape index (κ3) is 4.05. The fourth-order valence-corrected chi connectivity index (χ4v) is 1.89. The first-order chi connectivity index (χ1) is 10.6. The van der Waals surface area contributed by atoms with Crippen LogP contribution >= 0.6 is 0 Å². The molecule has 0 spiro atoms. The molecule has 0 radical (unpaired) electrons. The molecule has 0 saturated carbocycles. The van der Waals surface area contributed by atoms with Gasteiger partial charge >= 0.3 is 12.5 Å². The topological polar surface area (TPSA) is 31.4 Å². The van der Waals surface area contributed by atoms with Crippen molar-refractivity contribution in [2.45, 2.75) is 12.5 Å². The maximum absolute atomic E-state index is 13.1. The van der Waals surface area contributed by atoms with Gasteiger partial charge in [-0.05, 0) is 12.1 Å². The Morgan fingerprint density at radius 2 is 1.52 bits per heavy atom. The highest BCUT2D eigenvalue weighted by molar-refractivity contribution is 5.73. The number of nitrogens with zero attached hydrogens (tertiary/aromatic N) is 1. The number of para-hydroxylation sites is 1. The van der Waals surface area contributed by atoms with E-state index in [4.69, 9.17) is 0 Å². The van der Waals surface area contributed by atoms with Crippen molar-refractivity contribution in [3.63, 3.8) is 0 Å². The summed E-state index contributed by atoms with van der Waals surface area (Å²) < 4.78 is 85.1. The van der Waals surface area contributed by atoms with Crippen LogP contribution in [-0.2, 0) is 6.18 Å². The Morgan fingerprint density at radius 3 is 2.09 bits per heavy atom. The predicted octanol–water partition coefficient (Wildman–Crippen LogP) is 4.67. The SMILES string of the molecule is COc1ccc(-c2ccccc2OC(F)(F)F)c(C(F)(F)F)n1. The van der Waals surface area contributed by atoms with Crippen molar-refractivity contribution in [2.75, 3.05) is 7.11 Å². The van der Waals surface area contributed by atoms with Crippen LogP contribution in [-0.4, -0.2) is 18.5 Å². The second-order valence-corrected chi connectivity index (χ2v) is 4.29. The van der Waals surface area contributed by atoms with Gasteiger partial charge in [-0.2, -0.15) is 13.2 Å². The van der Waals surface area contributed by atoms with Gasteiger partial charge in [-0.25, -0.2) is 4.98 Å². The summed E-state index contributed by atoms with van der Waals surface area (Å²) in [5.74, 6) is -1.06. The molecule has 1 aromatic carbocycles. The molecule has 23 heavy (non-hydrogen) atoms. The lowest BCUT2D eigenvalue weighted by molar-refractivity contribution is -0.274. The molecule has 0 N–H and O–H groups in total. The Bertz CT molecular complexity index is 696. The minimum absolute atomic E-state index is 0.310. The highest BCUT2D eigenvalue weighted by atomic mass is 19.4. The zero-order chi connectivity index (χ0) is 17.3. The predicted molar refractivity (Wildman–Crippen MR) is 67.9 cm³/mol. The van der Waals surface area contributed by atoms with E-state index in [9.17, 15) is 26.3 Å². The zero-order valence-electron chi connectivity index (χ0n) is 11.5. The number of benzene rings is 1. The summed E-state index contributed by atoms with van der Waals surface area (Å²) >= 11 is 0. The molecule has 0 saturated heterocycles. The number of halogens is 6. The van der Waals surface area contributed by atoms with Crippen LogP contribution in [0.2, 0.25) is 0 Å². The number of rotatable bonds is 3. The first kappa shape index (κ1) is 16.9. The van der Waals surface area contributed by atoms with Crippen molar-refractivity contribution >= 4 is 0 Å². The fourth-order valence-electron chi connectivity index (χ4n) is 1.89. The Labute approximate surface area is 126 Å². The Hall–Kier alpha value is -2.45. The lowest BCUT2D eigenvalue weighted by Gasteiger charge is -2.17. The van der Waals surface area contributed by atoms with E-state index in [0.29, 0.717) is 0 Å². The summed E-state index contributed by atoms with van der Waals surface area (Å²) in [5.41, 5.74) is -2.29. The highest BCUT2D eigenvalue weighted by Crippen LogP contribution is 2.41. The van der Waals surface area contributed by atoms with Gasteiger partial charge in [0.1, 0.15) is 5.75 Å². The van der Waals surface area contributed by atoms with Crippen molar-refractivity contribution in [1.82, 2.24) is 4.98 Å². The number of alkyl halides is 6. The van der Waals surface area contributed by atoms with Gasteiger partial charge in [0.05, 0.1) is 7.11 Å². The minimum atomic E-state index is -5.03. The summed E-state index contributed by atoms with van der Waals surface area (Å²) in [6.45, 7) is 0. The van der Waals surface area contributed by atoms with E-state index < -0.39 is 29.5 Å². The van der Waals surface area contributed by atoms with Gasteiger partial charge in [0.15, 0.2) is 5.69 Å². The summed E-state index contributed by atoms with van der Waals surface area (Å²) in [4.78, 5) is 3.29. The average Bonchev–Trinajstić information content (AvgIpc) is 2.45. The molecular weight excluding hydrogens is 328 g/mol. The maximum atomic E-state index is 13.1. The molecule has 0 bridgehead atoms. The van der Waals surface area contributed by atoms with E-state index in [1.807, 2.05) is 0 Å². The Morgan fingerprint density at radius 1 is 0.870 bits per heavy atom. The molecule has 9 heteroatoms. The average molecular weight is 337 g/mol. The van der Waals surface area contributed by atoms with Gasteiger partial charge in [-0.3, -0.25) is 0 Å². The van der Waals surface area contributed by atoms with E-state index in [1.165, 1.54) is 12.1 Å². The van der Waals surface area contributed by atoms with Gasteiger partial charge in [0, 0.05) is 17.2 Å². The second-order valence-electron chi connectivity index (χ2n) is 4.29. The van der Waals surface area contributed by atoms with E-state index >= 15 is 0 Å². The van der Waals surface area contributed by atoms with Crippen LogP contribution in [0.3, 0.4) is 0 Å². The number of methoxy groups -OCH3 is 1. The molecule has 2 aromatic rings. The van der Waals surface area contributed by atoms with Gasteiger partial charge in [-0.1, -0.05) is 18.2 Å². The molecule has 3 nitrogen and oxygen atoms in total. The van der Waals surface area contributed by atoms with Gasteiger partial charge in [-0.15, -0.1) is 13.2 Å². The Balaban J connectivity index is 2.63. The minimum Gasteiger partial charge on any atom is -0.481 e. The number of hydrogen-bond donors (Lipinski definition) is 0. The fraction of sp³-hybridized carbons (Fsp3) is 0.214. The second kappa shape index (κ2) is 5.98. The van der Waals surface area contributed by atoms with E-state index in [-0.39, 0.29) is 11.4 Å². The van der Waals surface area contributed by atoms with Crippen LogP contribution in [0.1, 0.15) is 5.69 Å². The van der Waals surface area contributed by atoms with Crippen molar-refractivity contribution in [3.05, 3.63) is 42.1 Å². The number of aromatic nitrogens is 1. The molecule has 0 amide bonds. The van der Waals surface area contributed by atoms with Crippen LogP contribution in [0.25, 0.3) is 11.1 Å². The number of hydrogen-bond acceptors (Lipinski definition) is 3. The lowest BCUT2D eigenvalue weighted by Crippen LogP contribution is -2.18. The van der Waals surface area contributed by atoms with Crippen LogP contribution in [0.15, 0.2) is 36.4 Å². The van der Waals surface area contributed by atoms with Gasteiger partial charge in [0.25, 0.3) is 0 Å². The van der Waals surface area contributed by atoms with Crippen LogP contribution < -0.4 is 9.47 Å². The Kier molecular flexibility index (Phi) is 4.39. The molecule has 0 atom stereocenters. The summed E-state index contributed by atoms with van der Waals surface area (Å²) in [6, 6.07) is 6.62. The van der Waals surface area contributed by atoms with E-state index in [1.54, 1.807) is 0 Å². The van der Waals surface area contributed by atoms with Gasteiger partial charge in [0.2, 0.25) is 5.88 Å². The summed E-state index contributed by atoms with van der Waals surface area (Å²) in [7, 11) is 1.13. The van der Waals surface area contributed by atoms with Crippen molar-refractivity contribution in [3.8, 4) is 22.8 Å². The third-order valence-electron chi connectivity index (χ3n) is 2.75. The van der Waals surface area contributed by atoms with Crippen molar-refractivity contribution in [1.29, 1.82) is 0 Å². The van der Waals surface area contributed by atoms with Crippen LogP contribution in [0.5, 0.6) is 11.6 Å². The lowest BCUT2D eigenvalue weighted by atomic mass is 10.0. The van der Waals surface area contributed by atoms with Crippen molar-refractivity contribution in [2.24, 2.45) is 0 Å². The number of pyridine rings is 1. The molecule has 124 valence electrons. The molecule has 2 rings (SSSR count). The largest absolute Gasteiger partial charge is 0.573 e. The molecule has 0 unspecified atom stereocenters. The normalized spacial score (nSPS) is 12.1. The first-order valence-electron chi connectivity index (χ1n) is 6.09. The molecule has 0 fully saturated rings. The summed E-state index contributed by atoms with van der Waals surface area (Å²) in [6.07, 6.45) is -9.91. The van der Waals surface area contributed by atoms with E-state index in [0.717, 1.165) is 31.4 Å². The zero-order valence-corrected chi connectivity index (χ0v) is 11.5. The maximum Gasteiger partial charge on any atom is 0.573 e. The van der Waals surface area contributed by atoms with Crippen molar-refractivity contribution < 1.29 is 35.8 Å². The monoisotopic (exact) mass is 337 g/mol. The molecule has 0 aliphatic carbocycles. The summed E-state index contributed by atoms with van der Waals surface area (Å²) in [5, 5.41) is 0. The van der Waals surface area contributed by atoms with Crippen LogP contribution in [0, 0.1) is 0 Å². The molecule has 0 aliphatic heterocycles. The molecular formula is C14H9F6NO2. The standard InChI is InChI=1S/C14H9F6NO2/c1-22-11-7-6-9(12(21-11)13(15,16)17)8-4-2-3-5-10(8)23-14(18,19)20/h2-7H,1H3. The molecule has 0 aliphatic rings. The van der Waals surface area contributed by atoms with Crippen LogP contribution in [0.4, 0.5) is 26.3 Å². The quantitative estimate of drug-likeness (QED) is 0.763. The molecule has 1 heterocycles. The smallest absolute Gasteiger partial charge is 0.481 e. The van der Waals surface area contributed by atoms with Gasteiger partial charge < -0.3 is 9.47 Å². The first-order valence-corrected chi connectivity index (χ1v) is 6.09. The van der Waals surface area contributed by atoms with E-state index in [2.05, 4.69) is 14.5 Å². The number of ether oxygens (including phenoxy) is 2.